The molecule has 0 aliphatic heterocycles. The largest absolute Gasteiger partial charge is 0.377 e. The maximum atomic E-state index is 13.4. The van der Waals surface area contributed by atoms with Crippen molar-refractivity contribution in [1.82, 2.24) is 4.98 Å². The van der Waals surface area contributed by atoms with Crippen LogP contribution in [-0.4, -0.2) is 11.0 Å². The highest BCUT2D eigenvalue weighted by atomic mass is 19.2. The molecule has 100 valence electrons. The molecule has 0 radical (unpaired) electrons. The number of rotatable bonds is 2. The molecule has 0 aromatic carbocycles. The van der Waals surface area contributed by atoms with E-state index in [4.69, 9.17) is 0 Å². The minimum Gasteiger partial charge on any atom is -0.377 e. The van der Waals surface area contributed by atoms with E-state index in [0.29, 0.717) is 0 Å². The highest BCUT2D eigenvalue weighted by molar-refractivity contribution is 5.46. The summed E-state index contributed by atoms with van der Waals surface area (Å²) in [5.41, 5.74) is -0.751. The fraction of sp³-hybridized carbons (Fsp3) is 0.583. The second kappa shape index (κ2) is 5.12. The Morgan fingerprint density at radius 1 is 1.00 bits per heavy atom. The van der Waals surface area contributed by atoms with E-state index in [1.165, 1.54) is 0 Å². The maximum absolute atomic E-state index is 13.4. The van der Waals surface area contributed by atoms with Crippen molar-refractivity contribution in [3.05, 3.63) is 23.5 Å². The summed E-state index contributed by atoms with van der Waals surface area (Å²) in [6, 6.07) is -0.177. The van der Waals surface area contributed by atoms with Crippen LogP contribution in [0.25, 0.3) is 0 Å². The summed E-state index contributed by atoms with van der Waals surface area (Å²) in [6.07, 6.45) is 3.65. The van der Waals surface area contributed by atoms with E-state index in [1.54, 1.807) is 0 Å². The summed E-state index contributed by atoms with van der Waals surface area (Å²) in [6.45, 7) is 1.94. The number of hydrogen-bond acceptors (Lipinski definition) is 2. The Kier molecular flexibility index (Phi) is 3.73. The minimum absolute atomic E-state index is 0.177. The molecule has 2 nitrogen and oxygen atoms in total. The quantitative estimate of drug-likeness (QED) is 0.650. The van der Waals surface area contributed by atoms with E-state index in [2.05, 4.69) is 10.3 Å². The van der Waals surface area contributed by atoms with Crippen molar-refractivity contribution < 1.29 is 17.6 Å². The zero-order valence-corrected chi connectivity index (χ0v) is 9.94. The third-order valence-corrected chi connectivity index (χ3v) is 3.44. The van der Waals surface area contributed by atoms with Gasteiger partial charge in [0.05, 0.1) is 0 Å². The van der Waals surface area contributed by atoms with Gasteiger partial charge in [-0.3, -0.25) is 0 Å². The molecule has 1 heterocycles. The summed E-state index contributed by atoms with van der Waals surface area (Å²) >= 11 is 0. The molecule has 0 spiro atoms. The molecule has 6 heteroatoms. The SMILES string of the molecule is CC1CCCCC1Nc1c(F)c(F)nc(F)c1F. The first-order valence-electron chi connectivity index (χ1n) is 5.97. The molecule has 0 bridgehead atoms. The fourth-order valence-corrected chi connectivity index (χ4v) is 2.33. The second-order valence-corrected chi connectivity index (χ2v) is 4.71. The van der Waals surface area contributed by atoms with E-state index in [-0.39, 0.29) is 12.0 Å². The van der Waals surface area contributed by atoms with Crippen molar-refractivity contribution >= 4 is 5.69 Å². The van der Waals surface area contributed by atoms with Gasteiger partial charge in [-0.05, 0) is 18.8 Å². The van der Waals surface area contributed by atoms with Crippen molar-refractivity contribution in [2.75, 3.05) is 5.32 Å². The fourth-order valence-electron chi connectivity index (χ4n) is 2.33. The van der Waals surface area contributed by atoms with Gasteiger partial charge in [0.25, 0.3) is 11.9 Å². The first-order valence-corrected chi connectivity index (χ1v) is 5.97. The van der Waals surface area contributed by atoms with Gasteiger partial charge in [-0.2, -0.15) is 22.5 Å². The van der Waals surface area contributed by atoms with Gasteiger partial charge in [0.2, 0.25) is 11.6 Å². The highest BCUT2D eigenvalue weighted by Gasteiger charge is 2.26. The summed E-state index contributed by atoms with van der Waals surface area (Å²) < 4.78 is 52.7. The summed E-state index contributed by atoms with van der Waals surface area (Å²) in [4.78, 5) is 2.52. The molecule has 0 amide bonds. The molecule has 2 unspecified atom stereocenters. The first kappa shape index (κ1) is 13.1. The molecule has 1 fully saturated rings. The molecule has 1 aliphatic carbocycles. The van der Waals surface area contributed by atoms with Gasteiger partial charge in [-0.25, -0.2) is 0 Å². The summed E-state index contributed by atoms with van der Waals surface area (Å²) in [5, 5.41) is 2.58. The lowest BCUT2D eigenvalue weighted by molar-refractivity contribution is 0.344. The van der Waals surface area contributed by atoms with E-state index >= 15 is 0 Å². The van der Waals surface area contributed by atoms with Crippen molar-refractivity contribution in [1.29, 1.82) is 0 Å². The molecule has 2 rings (SSSR count). The number of pyridine rings is 1. The smallest absolute Gasteiger partial charge is 0.253 e. The standard InChI is InChI=1S/C12H14F4N2/c1-6-4-2-3-5-7(6)17-10-8(13)11(15)18-12(16)9(10)14/h6-7H,2-5H2,1H3,(H,17,18). The molecule has 18 heavy (non-hydrogen) atoms. The van der Waals surface area contributed by atoms with Crippen LogP contribution < -0.4 is 5.32 Å². The Morgan fingerprint density at radius 3 is 2.11 bits per heavy atom. The molecular weight excluding hydrogens is 248 g/mol. The predicted octanol–water partition coefficient (Wildman–Crippen LogP) is 3.63. The molecule has 1 N–H and O–H groups in total. The van der Waals surface area contributed by atoms with Crippen LogP contribution in [0.1, 0.15) is 32.6 Å². The summed E-state index contributed by atoms with van der Waals surface area (Å²) in [7, 11) is 0. The third kappa shape index (κ3) is 2.42. The van der Waals surface area contributed by atoms with Crippen molar-refractivity contribution in [3.63, 3.8) is 0 Å². The Labute approximate surface area is 102 Å². The van der Waals surface area contributed by atoms with Gasteiger partial charge in [0, 0.05) is 6.04 Å². The van der Waals surface area contributed by atoms with Crippen LogP contribution in [0.15, 0.2) is 0 Å². The lowest BCUT2D eigenvalue weighted by Gasteiger charge is -2.30. The van der Waals surface area contributed by atoms with Crippen LogP contribution in [0, 0.1) is 29.4 Å². The lowest BCUT2D eigenvalue weighted by atomic mass is 9.86. The molecule has 1 aromatic rings. The highest BCUT2D eigenvalue weighted by Crippen LogP contribution is 2.29. The van der Waals surface area contributed by atoms with Crippen LogP contribution >= 0.6 is 0 Å². The monoisotopic (exact) mass is 262 g/mol. The van der Waals surface area contributed by atoms with Gasteiger partial charge in [-0.15, -0.1) is 0 Å². The number of nitrogens with zero attached hydrogens (tertiary/aromatic N) is 1. The van der Waals surface area contributed by atoms with E-state index in [9.17, 15) is 17.6 Å². The van der Waals surface area contributed by atoms with E-state index in [0.717, 1.165) is 25.7 Å². The third-order valence-electron chi connectivity index (χ3n) is 3.44. The topological polar surface area (TPSA) is 24.9 Å². The van der Waals surface area contributed by atoms with E-state index < -0.39 is 29.2 Å². The average Bonchev–Trinajstić information content (AvgIpc) is 2.34. The van der Waals surface area contributed by atoms with Gasteiger partial charge in [0.15, 0.2) is 0 Å². The van der Waals surface area contributed by atoms with Crippen LogP contribution in [0.5, 0.6) is 0 Å². The zero-order valence-electron chi connectivity index (χ0n) is 9.94. The first-order chi connectivity index (χ1) is 8.50. The Balaban J connectivity index is 2.28. The number of halogens is 4. The number of nitrogens with one attached hydrogen (secondary N) is 1. The van der Waals surface area contributed by atoms with Gasteiger partial charge in [0.1, 0.15) is 5.69 Å². The normalized spacial score (nSPS) is 24.1. The summed E-state index contributed by atoms with van der Waals surface area (Å²) in [5.74, 6) is -5.98. The van der Waals surface area contributed by atoms with Crippen molar-refractivity contribution in [3.8, 4) is 0 Å². The zero-order chi connectivity index (χ0) is 13.3. The van der Waals surface area contributed by atoms with Crippen molar-refractivity contribution in [2.24, 2.45) is 5.92 Å². The average molecular weight is 262 g/mol. The van der Waals surface area contributed by atoms with Crippen LogP contribution in [0.2, 0.25) is 0 Å². The van der Waals surface area contributed by atoms with Crippen LogP contribution in [0.3, 0.4) is 0 Å². The Hall–Kier alpha value is -1.33. The molecule has 0 saturated heterocycles. The predicted molar refractivity (Wildman–Crippen MR) is 59.1 cm³/mol. The molecule has 1 saturated carbocycles. The van der Waals surface area contributed by atoms with Crippen LogP contribution in [0.4, 0.5) is 23.2 Å². The number of hydrogen-bond donors (Lipinski definition) is 1. The van der Waals surface area contributed by atoms with Gasteiger partial charge in [-0.1, -0.05) is 19.8 Å². The van der Waals surface area contributed by atoms with E-state index in [1.807, 2.05) is 6.92 Å². The number of anilines is 1. The molecule has 1 aromatic heterocycles. The van der Waals surface area contributed by atoms with Crippen LogP contribution in [-0.2, 0) is 0 Å². The van der Waals surface area contributed by atoms with Gasteiger partial charge < -0.3 is 5.32 Å². The molecule has 2 atom stereocenters. The number of aromatic nitrogens is 1. The van der Waals surface area contributed by atoms with Gasteiger partial charge >= 0.3 is 0 Å². The molecular formula is C12H14F4N2. The minimum atomic E-state index is -1.63. The Bertz CT molecular complexity index is 424. The molecule has 1 aliphatic rings. The second-order valence-electron chi connectivity index (χ2n) is 4.71. The van der Waals surface area contributed by atoms with Crippen molar-refractivity contribution in [2.45, 2.75) is 38.6 Å². The Morgan fingerprint density at radius 2 is 1.56 bits per heavy atom. The lowest BCUT2D eigenvalue weighted by Crippen LogP contribution is -2.31. The maximum Gasteiger partial charge on any atom is 0.253 e.